The van der Waals surface area contributed by atoms with Gasteiger partial charge in [0.05, 0.1) is 6.61 Å². The lowest BCUT2D eigenvalue weighted by Crippen LogP contribution is -2.15. The Balaban J connectivity index is 2.81. The van der Waals surface area contributed by atoms with Gasteiger partial charge in [0.1, 0.15) is 10.8 Å². The number of anilines is 1. The van der Waals surface area contributed by atoms with Crippen LogP contribution in [0.3, 0.4) is 0 Å². The molecule has 1 aromatic carbocycles. The summed E-state index contributed by atoms with van der Waals surface area (Å²) in [5.41, 5.74) is 6.72. The van der Waals surface area contributed by atoms with Crippen LogP contribution < -0.4 is 11.1 Å². The normalized spacial score (nSPS) is 10.0. The van der Waals surface area contributed by atoms with Crippen LogP contribution in [0.1, 0.15) is 5.56 Å². The zero-order valence-corrected chi connectivity index (χ0v) is 9.23. The predicted molar refractivity (Wildman–Crippen MR) is 62.7 cm³/mol. The molecule has 0 bridgehead atoms. The predicted octanol–water partition coefficient (Wildman–Crippen LogP) is 1.52. The highest BCUT2D eigenvalue weighted by Crippen LogP contribution is 2.16. The van der Waals surface area contributed by atoms with Crippen LogP contribution in [0, 0.1) is 5.82 Å². The average molecular weight is 228 g/mol. The highest BCUT2D eigenvalue weighted by molar-refractivity contribution is 7.80. The van der Waals surface area contributed by atoms with Gasteiger partial charge < -0.3 is 15.8 Å². The molecule has 0 radical (unpaired) electrons. The van der Waals surface area contributed by atoms with E-state index in [4.69, 9.17) is 22.7 Å². The van der Waals surface area contributed by atoms with Crippen molar-refractivity contribution >= 4 is 22.9 Å². The summed E-state index contributed by atoms with van der Waals surface area (Å²) in [4.78, 5) is 0.175. The third kappa shape index (κ3) is 3.45. The zero-order valence-electron chi connectivity index (χ0n) is 8.42. The molecule has 0 aliphatic heterocycles. The zero-order chi connectivity index (χ0) is 11.3. The van der Waals surface area contributed by atoms with Crippen LogP contribution in [0.15, 0.2) is 18.2 Å². The minimum absolute atomic E-state index is 0.175. The monoisotopic (exact) mass is 228 g/mol. The smallest absolute Gasteiger partial charge is 0.124 e. The number of nitrogens with one attached hydrogen (secondary N) is 1. The molecule has 15 heavy (non-hydrogen) atoms. The Hall–Kier alpha value is -1.20. The second kappa shape index (κ2) is 5.63. The number of hydrogen-bond acceptors (Lipinski definition) is 3. The first-order valence-electron chi connectivity index (χ1n) is 4.47. The molecule has 1 aromatic rings. The first-order chi connectivity index (χ1) is 7.15. The number of rotatable bonds is 5. The minimum atomic E-state index is -0.352. The molecule has 3 nitrogen and oxygen atoms in total. The third-order valence-corrected chi connectivity index (χ3v) is 2.09. The van der Waals surface area contributed by atoms with Crippen LogP contribution in [-0.2, 0) is 4.74 Å². The molecule has 82 valence electrons. The van der Waals surface area contributed by atoms with E-state index in [0.717, 1.165) is 5.69 Å². The molecule has 0 aliphatic rings. The minimum Gasteiger partial charge on any atom is -0.389 e. The van der Waals surface area contributed by atoms with E-state index < -0.39 is 0 Å². The van der Waals surface area contributed by atoms with Crippen molar-refractivity contribution in [2.75, 3.05) is 25.6 Å². The van der Waals surface area contributed by atoms with Crippen molar-refractivity contribution in [3.05, 3.63) is 29.6 Å². The first-order valence-corrected chi connectivity index (χ1v) is 4.88. The van der Waals surface area contributed by atoms with Gasteiger partial charge in [0.25, 0.3) is 0 Å². The topological polar surface area (TPSA) is 47.3 Å². The van der Waals surface area contributed by atoms with Crippen molar-refractivity contribution in [2.24, 2.45) is 5.73 Å². The molecule has 0 atom stereocenters. The summed E-state index contributed by atoms with van der Waals surface area (Å²) in [5.74, 6) is -0.352. The van der Waals surface area contributed by atoms with E-state index in [1.54, 1.807) is 13.2 Å². The van der Waals surface area contributed by atoms with Gasteiger partial charge in [-0.05, 0) is 18.2 Å². The van der Waals surface area contributed by atoms with Crippen LogP contribution in [0.25, 0.3) is 0 Å². The molecule has 0 aliphatic carbocycles. The average Bonchev–Trinajstić information content (AvgIpc) is 2.20. The van der Waals surface area contributed by atoms with Crippen LogP contribution in [0.4, 0.5) is 10.1 Å². The van der Waals surface area contributed by atoms with Crippen LogP contribution in [0.5, 0.6) is 0 Å². The number of ether oxygens (including phenoxy) is 1. The van der Waals surface area contributed by atoms with Gasteiger partial charge in [-0.25, -0.2) is 4.39 Å². The van der Waals surface area contributed by atoms with Gasteiger partial charge in [-0.2, -0.15) is 0 Å². The second-order valence-electron chi connectivity index (χ2n) is 2.97. The lowest BCUT2D eigenvalue weighted by Gasteiger charge is -2.10. The highest BCUT2D eigenvalue weighted by Gasteiger charge is 2.05. The Labute approximate surface area is 93.4 Å². The second-order valence-corrected chi connectivity index (χ2v) is 3.41. The van der Waals surface area contributed by atoms with Crippen molar-refractivity contribution in [3.8, 4) is 0 Å². The van der Waals surface area contributed by atoms with E-state index in [1.807, 2.05) is 0 Å². The van der Waals surface area contributed by atoms with Crippen molar-refractivity contribution in [2.45, 2.75) is 0 Å². The van der Waals surface area contributed by atoms with E-state index in [1.165, 1.54) is 12.1 Å². The lowest BCUT2D eigenvalue weighted by molar-refractivity contribution is 0.211. The fourth-order valence-electron chi connectivity index (χ4n) is 1.16. The molecule has 3 N–H and O–H groups in total. The van der Waals surface area contributed by atoms with Crippen molar-refractivity contribution < 1.29 is 9.13 Å². The van der Waals surface area contributed by atoms with E-state index in [2.05, 4.69) is 5.32 Å². The number of methoxy groups -OCH3 is 1. The maximum atomic E-state index is 12.9. The number of hydrogen-bond donors (Lipinski definition) is 2. The number of halogens is 1. The van der Waals surface area contributed by atoms with Crippen LogP contribution >= 0.6 is 12.2 Å². The molecule has 1 rings (SSSR count). The Morgan fingerprint density at radius 2 is 2.33 bits per heavy atom. The largest absolute Gasteiger partial charge is 0.389 e. The first kappa shape index (κ1) is 11.9. The van der Waals surface area contributed by atoms with Gasteiger partial charge in [-0.1, -0.05) is 12.2 Å². The number of thiocarbonyl (C=S) groups is 1. The van der Waals surface area contributed by atoms with E-state index in [-0.39, 0.29) is 10.8 Å². The van der Waals surface area contributed by atoms with Crippen molar-refractivity contribution in [1.29, 1.82) is 0 Å². The van der Waals surface area contributed by atoms with Crippen LogP contribution in [0.2, 0.25) is 0 Å². The Bertz CT molecular complexity index is 357. The molecule has 0 saturated carbocycles. The van der Waals surface area contributed by atoms with Gasteiger partial charge in [-0.15, -0.1) is 0 Å². The summed E-state index contributed by atoms with van der Waals surface area (Å²) in [6, 6.07) is 4.29. The molecule has 5 heteroatoms. The van der Waals surface area contributed by atoms with Gasteiger partial charge in [0, 0.05) is 24.9 Å². The molecule has 0 amide bonds. The van der Waals surface area contributed by atoms with Gasteiger partial charge in [-0.3, -0.25) is 0 Å². The summed E-state index contributed by atoms with van der Waals surface area (Å²) in [6.07, 6.45) is 0. The molecule has 0 saturated heterocycles. The van der Waals surface area contributed by atoms with Crippen molar-refractivity contribution in [3.63, 3.8) is 0 Å². The Kier molecular flexibility index (Phi) is 4.45. The van der Waals surface area contributed by atoms with E-state index in [0.29, 0.717) is 18.7 Å². The highest BCUT2D eigenvalue weighted by atomic mass is 32.1. The summed E-state index contributed by atoms with van der Waals surface area (Å²) >= 11 is 4.83. The number of nitrogens with two attached hydrogens (primary N) is 1. The van der Waals surface area contributed by atoms with E-state index >= 15 is 0 Å². The summed E-state index contributed by atoms with van der Waals surface area (Å²) in [6.45, 7) is 1.19. The standard InChI is InChI=1S/C10H13FN2OS/c1-14-5-4-13-9-3-2-7(11)6-8(9)10(12)15/h2-3,6,13H,4-5H2,1H3,(H2,12,15). The van der Waals surface area contributed by atoms with Crippen LogP contribution in [-0.4, -0.2) is 25.2 Å². The molecule has 0 fully saturated rings. The van der Waals surface area contributed by atoms with Gasteiger partial charge in [0.2, 0.25) is 0 Å². The molecular formula is C10H13FN2OS. The Morgan fingerprint density at radius 1 is 1.60 bits per heavy atom. The fourth-order valence-corrected chi connectivity index (χ4v) is 1.33. The molecular weight excluding hydrogens is 215 g/mol. The molecule has 0 unspecified atom stereocenters. The summed E-state index contributed by atoms with van der Waals surface area (Å²) in [5, 5.41) is 3.06. The van der Waals surface area contributed by atoms with Gasteiger partial charge >= 0.3 is 0 Å². The molecule has 0 heterocycles. The maximum Gasteiger partial charge on any atom is 0.124 e. The quantitative estimate of drug-likeness (QED) is 0.592. The molecule has 0 spiro atoms. The third-order valence-electron chi connectivity index (χ3n) is 1.87. The van der Waals surface area contributed by atoms with Crippen molar-refractivity contribution in [1.82, 2.24) is 0 Å². The van der Waals surface area contributed by atoms with E-state index in [9.17, 15) is 4.39 Å². The Morgan fingerprint density at radius 3 is 2.93 bits per heavy atom. The lowest BCUT2D eigenvalue weighted by atomic mass is 10.1. The summed E-state index contributed by atoms with van der Waals surface area (Å²) in [7, 11) is 1.61. The molecule has 0 aromatic heterocycles. The SMILES string of the molecule is COCCNc1ccc(F)cc1C(N)=S. The van der Waals surface area contributed by atoms with Gasteiger partial charge in [0.15, 0.2) is 0 Å². The maximum absolute atomic E-state index is 12.9. The fraction of sp³-hybridized carbons (Fsp3) is 0.300. The number of benzene rings is 1. The summed E-state index contributed by atoms with van der Waals surface area (Å²) < 4.78 is 17.8.